The number of alkyl halides is 3. The van der Waals surface area contributed by atoms with Gasteiger partial charge in [0.05, 0.1) is 23.7 Å². The number of anilines is 1. The number of hydrogen-bond donors (Lipinski definition) is 1. The molecule has 1 aliphatic heterocycles. The van der Waals surface area contributed by atoms with Gasteiger partial charge in [-0.1, -0.05) is 17.7 Å². The predicted molar refractivity (Wildman–Crippen MR) is 95.8 cm³/mol. The Morgan fingerprint density at radius 2 is 2.00 bits per heavy atom. The molecule has 0 saturated carbocycles. The number of amides is 1. The van der Waals surface area contributed by atoms with Crippen molar-refractivity contribution in [1.29, 1.82) is 0 Å². The van der Waals surface area contributed by atoms with Gasteiger partial charge in [-0.25, -0.2) is 0 Å². The molecule has 25 heavy (non-hydrogen) atoms. The fourth-order valence-electron chi connectivity index (χ4n) is 2.21. The maximum atomic E-state index is 13.4. The lowest BCUT2D eigenvalue weighted by molar-refractivity contribution is -0.144. The van der Waals surface area contributed by atoms with Crippen molar-refractivity contribution in [3.63, 3.8) is 0 Å². The lowest BCUT2D eigenvalue weighted by atomic mass is 10.2. The molecule has 0 atom stereocenters. The second-order valence-corrected chi connectivity index (χ2v) is 8.58. The Morgan fingerprint density at radius 1 is 1.32 bits per heavy atom. The molecule has 0 bridgehead atoms. The molecule has 2 rings (SSSR count). The first-order chi connectivity index (χ1) is 11.8. The molecule has 0 unspecified atom stereocenters. The van der Waals surface area contributed by atoms with Crippen LogP contribution in [0.3, 0.4) is 0 Å². The molecule has 0 aromatic heterocycles. The van der Waals surface area contributed by atoms with Gasteiger partial charge in [0, 0.05) is 18.6 Å². The highest BCUT2D eigenvalue weighted by atomic mass is 35.5. The fourth-order valence-corrected chi connectivity index (χ4v) is 5.39. The number of rotatable bonds is 7. The maximum absolute atomic E-state index is 13.4. The third-order valence-electron chi connectivity index (χ3n) is 3.35. The minimum Gasteiger partial charge on any atom is -0.487 e. The zero-order valence-corrected chi connectivity index (χ0v) is 15.7. The molecule has 140 valence electrons. The van der Waals surface area contributed by atoms with Gasteiger partial charge in [-0.3, -0.25) is 4.79 Å². The van der Waals surface area contributed by atoms with Crippen LogP contribution in [0.1, 0.15) is 6.42 Å². The van der Waals surface area contributed by atoms with E-state index < -0.39 is 22.6 Å². The SMILES string of the molecule is COCCOc1c(Cl)cccc1NC(=O)CC1(C(F)(F)F)SCCS1. The van der Waals surface area contributed by atoms with Crippen LogP contribution in [-0.2, 0) is 9.53 Å². The Labute approximate surface area is 157 Å². The Bertz CT molecular complexity index is 610. The van der Waals surface area contributed by atoms with Crippen LogP contribution in [-0.4, -0.2) is 48.0 Å². The summed E-state index contributed by atoms with van der Waals surface area (Å²) >= 11 is 7.58. The lowest BCUT2D eigenvalue weighted by Crippen LogP contribution is -2.40. The van der Waals surface area contributed by atoms with Gasteiger partial charge in [0.25, 0.3) is 0 Å². The van der Waals surface area contributed by atoms with Crippen molar-refractivity contribution in [2.24, 2.45) is 0 Å². The number of thioether (sulfide) groups is 2. The number of carbonyl (C=O) groups excluding carboxylic acids is 1. The van der Waals surface area contributed by atoms with E-state index in [1.807, 2.05) is 0 Å². The van der Waals surface area contributed by atoms with Crippen LogP contribution in [0.5, 0.6) is 5.75 Å². The standard InChI is InChI=1S/C15H17ClF3NO3S2/c1-22-5-6-23-13-10(16)3-2-4-11(13)20-12(21)9-14(15(17,18)19)24-7-8-25-14/h2-4H,5-9H2,1H3,(H,20,21). The van der Waals surface area contributed by atoms with E-state index in [9.17, 15) is 18.0 Å². The third kappa shape index (κ3) is 5.12. The molecule has 1 aromatic rings. The van der Waals surface area contributed by atoms with Gasteiger partial charge in [0.15, 0.2) is 9.83 Å². The van der Waals surface area contributed by atoms with Crippen LogP contribution in [0.2, 0.25) is 5.02 Å². The van der Waals surface area contributed by atoms with E-state index in [0.29, 0.717) is 18.1 Å². The number of benzene rings is 1. The Hall–Kier alpha value is -0.770. The summed E-state index contributed by atoms with van der Waals surface area (Å²) in [5, 5.41) is 2.74. The minimum atomic E-state index is -4.47. The number of halogens is 4. The second-order valence-electron chi connectivity index (χ2n) is 5.13. The van der Waals surface area contributed by atoms with E-state index in [-0.39, 0.29) is 23.1 Å². The van der Waals surface area contributed by atoms with Crippen LogP contribution in [0.25, 0.3) is 0 Å². The number of hydrogen-bond acceptors (Lipinski definition) is 5. The molecule has 1 heterocycles. The summed E-state index contributed by atoms with van der Waals surface area (Å²) in [6.07, 6.45) is -5.14. The Kier molecular flexibility index (Phi) is 7.19. The molecule has 1 amide bonds. The van der Waals surface area contributed by atoms with E-state index in [1.165, 1.54) is 13.2 Å². The van der Waals surface area contributed by atoms with E-state index >= 15 is 0 Å². The summed E-state index contributed by atoms with van der Waals surface area (Å²) in [7, 11) is 1.51. The Morgan fingerprint density at radius 3 is 2.60 bits per heavy atom. The fraction of sp³-hybridized carbons (Fsp3) is 0.533. The summed E-state index contributed by atoms with van der Waals surface area (Å²) in [5.74, 6) is 0.195. The van der Waals surface area contributed by atoms with Crippen molar-refractivity contribution in [3.8, 4) is 5.75 Å². The van der Waals surface area contributed by atoms with E-state index in [4.69, 9.17) is 21.1 Å². The molecule has 1 aliphatic rings. The number of para-hydroxylation sites is 1. The van der Waals surface area contributed by atoms with Crippen LogP contribution in [0.4, 0.5) is 18.9 Å². The first-order valence-corrected chi connectivity index (χ1v) is 9.69. The molecule has 0 spiro atoms. The molecule has 0 aliphatic carbocycles. The molecule has 4 nitrogen and oxygen atoms in total. The largest absolute Gasteiger partial charge is 0.487 e. The first-order valence-electron chi connectivity index (χ1n) is 7.34. The van der Waals surface area contributed by atoms with Gasteiger partial charge in [0.1, 0.15) is 6.61 Å². The molecule has 10 heteroatoms. The van der Waals surface area contributed by atoms with Crippen molar-refractivity contribution in [1.82, 2.24) is 0 Å². The number of ether oxygens (including phenoxy) is 2. The van der Waals surface area contributed by atoms with E-state index in [0.717, 1.165) is 23.5 Å². The number of methoxy groups -OCH3 is 1. The molecule has 0 radical (unpaired) electrons. The zero-order valence-electron chi connectivity index (χ0n) is 13.3. The van der Waals surface area contributed by atoms with Gasteiger partial charge in [-0.05, 0) is 12.1 Å². The average Bonchev–Trinajstić information content (AvgIpc) is 2.99. The van der Waals surface area contributed by atoms with Crippen molar-refractivity contribution in [2.75, 3.05) is 37.1 Å². The van der Waals surface area contributed by atoms with Gasteiger partial charge < -0.3 is 14.8 Å². The number of nitrogens with one attached hydrogen (secondary N) is 1. The average molecular weight is 416 g/mol. The van der Waals surface area contributed by atoms with Crippen molar-refractivity contribution in [3.05, 3.63) is 23.2 Å². The summed E-state index contributed by atoms with van der Waals surface area (Å²) < 4.78 is 48.4. The highest BCUT2D eigenvalue weighted by Gasteiger charge is 2.58. The molecule has 1 saturated heterocycles. The summed E-state index contributed by atoms with van der Waals surface area (Å²) in [5.41, 5.74) is 0.235. The van der Waals surface area contributed by atoms with Crippen molar-refractivity contribution >= 4 is 46.7 Å². The first kappa shape index (κ1) is 20.5. The van der Waals surface area contributed by atoms with Crippen LogP contribution in [0, 0.1) is 0 Å². The van der Waals surface area contributed by atoms with E-state index in [1.54, 1.807) is 12.1 Å². The summed E-state index contributed by atoms with van der Waals surface area (Å²) in [4.78, 5) is 12.3. The molecule has 1 N–H and O–H groups in total. The van der Waals surface area contributed by atoms with Crippen LogP contribution >= 0.6 is 35.1 Å². The quantitative estimate of drug-likeness (QED) is 0.667. The monoisotopic (exact) mass is 415 g/mol. The summed E-state index contributed by atoms with van der Waals surface area (Å²) in [6, 6.07) is 4.68. The van der Waals surface area contributed by atoms with Crippen molar-refractivity contribution in [2.45, 2.75) is 16.7 Å². The molecule has 1 fully saturated rings. The Balaban J connectivity index is 2.11. The topological polar surface area (TPSA) is 47.6 Å². The van der Waals surface area contributed by atoms with Crippen molar-refractivity contribution < 1.29 is 27.4 Å². The molecule has 1 aromatic carbocycles. The zero-order chi connectivity index (χ0) is 18.5. The van der Waals surface area contributed by atoms with Gasteiger partial charge in [-0.15, -0.1) is 23.5 Å². The van der Waals surface area contributed by atoms with Crippen LogP contribution < -0.4 is 10.1 Å². The second kappa shape index (κ2) is 8.75. The van der Waals surface area contributed by atoms with Gasteiger partial charge in [0.2, 0.25) is 5.91 Å². The van der Waals surface area contributed by atoms with Gasteiger partial charge in [-0.2, -0.15) is 13.2 Å². The lowest BCUT2D eigenvalue weighted by Gasteiger charge is -2.29. The smallest absolute Gasteiger partial charge is 0.412 e. The summed E-state index contributed by atoms with van der Waals surface area (Å²) in [6.45, 7) is 0.504. The molecular weight excluding hydrogens is 399 g/mol. The number of carbonyl (C=O) groups is 1. The highest BCUT2D eigenvalue weighted by Crippen LogP contribution is 2.56. The minimum absolute atomic E-state index is 0.196. The van der Waals surface area contributed by atoms with Crippen LogP contribution in [0.15, 0.2) is 18.2 Å². The van der Waals surface area contributed by atoms with Gasteiger partial charge >= 0.3 is 6.18 Å². The normalized spacial score (nSPS) is 16.7. The third-order valence-corrected chi connectivity index (χ3v) is 7.12. The maximum Gasteiger partial charge on any atom is 0.412 e. The van der Waals surface area contributed by atoms with E-state index in [2.05, 4.69) is 5.32 Å². The highest BCUT2D eigenvalue weighted by molar-refractivity contribution is 8.21. The predicted octanol–water partition coefficient (Wildman–Crippen LogP) is 4.43. The molecular formula is C15H17ClF3NO3S2.